The first-order chi connectivity index (χ1) is 5.63. The lowest BCUT2D eigenvalue weighted by molar-refractivity contribution is 0.951. The molecule has 0 aromatic carbocycles. The lowest BCUT2D eigenvalue weighted by Crippen LogP contribution is -2.02. The molecule has 0 radical (unpaired) electrons. The van der Waals surface area contributed by atoms with E-state index in [1.807, 2.05) is 0 Å². The Labute approximate surface area is 84.3 Å². The summed E-state index contributed by atoms with van der Waals surface area (Å²) in [7, 11) is 1.66. The molecule has 0 saturated heterocycles. The number of aromatic nitrogens is 3. The average molecular weight is 227 g/mol. The van der Waals surface area contributed by atoms with E-state index in [0.717, 1.165) is 0 Å². The second kappa shape index (κ2) is 4.07. The maximum absolute atomic E-state index is 5.55. The Kier molecular flexibility index (Phi) is 3.31. The van der Waals surface area contributed by atoms with Gasteiger partial charge in [0.15, 0.2) is 10.7 Å². The summed E-state index contributed by atoms with van der Waals surface area (Å²) in [6.07, 6.45) is 0. The van der Waals surface area contributed by atoms with Gasteiger partial charge in [0.25, 0.3) is 0 Å². The highest BCUT2D eigenvalue weighted by atomic mass is 35.5. The molecule has 1 rings (SSSR count). The smallest absolute Gasteiger partial charge is 0.227 e. The summed E-state index contributed by atoms with van der Waals surface area (Å²) < 4.78 is 0. The Bertz CT molecular complexity index is 277. The van der Waals surface area contributed by atoms with Crippen LogP contribution in [0.2, 0.25) is 5.28 Å². The summed E-state index contributed by atoms with van der Waals surface area (Å²) >= 11 is 16.6. The first-order valence-corrected chi connectivity index (χ1v) is 4.26. The van der Waals surface area contributed by atoms with Crippen molar-refractivity contribution in [2.45, 2.75) is 4.84 Å². The molecule has 7 heteroatoms. The number of rotatable bonds is 2. The van der Waals surface area contributed by atoms with Crippen LogP contribution in [0.15, 0.2) is 0 Å². The normalized spacial score (nSPS) is 10.4. The molecule has 0 aliphatic heterocycles. The number of hydrogen-bond acceptors (Lipinski definition) is 4. The fraction of sp³-hybridized carbons (Fsp3) is 0.400. The van der Waals surface area contributed by atoms with Crippen molar-refractivity contribution in [3.63, 3.8) is 0 Å². The van der Waals surface area contributed by atoms with Crippen molar-refractivity contribution >= 4 is 40.8 Å². The molecule has 1 aromatic rings. The number of hydrogen-bond donors (Lipinski definition) is 1. The third kappa shape index (κ3) is 2.33. The molecule has 1 N–H and O–H groups in total. The molecule has 1 aromatic heterocycles. The van der Waals surface area contributed by atoms with Crippen molar-refractivity contribution in [2.75, 3.05) is 12.4 Å². The number of anilines is 1. The maximum Gasteiger partial charge on any atom is 0.227 e. The number of nitrogens with one attached hydrogen (secondary N) is 1. The molecule has 0 atom stereocenters. The molecule has 0 fully saturated rings. The topological polar surface area (TPSA) is 50.7 Å². The van der Waals surface area contributed by atoms with E-state index in [9.17, 15) is 0 Å². The quantitative estimate of drug-likeness (QED) is 0.786. The minimum Gasteiger partial charge on any atom is -0.357 e. The van der Waals surface area contributed by atoms with E-state index in [-0.39, 0.29) is 11.1 Å². The van der Waals surface area contributed by atoms with Crippen molar-refractivity contribution < 1.29 is 0 Å². The maximum atomic E-state index is 5.55. The zero-order valence-corrected chi connectivity index (χ0v) is 8.32. The monoisotopic (exact) mass is 226 g/mol. The third-order valence-electron chi connectivity index (χ3n) is 1.04. The van der Waals surface area contributed by atoms with Gasteiger partial charge in [-0.2, -0.15) is 15.0 Å². The van der Waals surface area contributed by atoms with Gasteiger partial charge in [-0.15, -0.1) is 0 Å². The molecule has 0 spiro atoms. The van der Waals surface area contributed by atoms with Crippen molar-refractivity contribution in [1.29, 1.82) is 0 Å². The van der Waals surface area contributed by atoms with Gasteiger partial charge in [-0.1, -0.05) is 23.2 Å². The largest absolute Gasteiger partial charge is 0.357 e. The zero-order chi connectivity index (χ0) is 9.14. The Morgan fingerprint density at radius 1 is 1.25 bits per heavy atom. The van der Waals surface area contributed by atoms with Crippen molar-refractivity contribution in [3.8, 4) is 0 Å². The van der Waals surface area contributed by atoms with Crippen molar-refractivity contribution in [2.24, 2.45) is 0 Å². The third-order valence-corrected chi connectivity index (χ3v) is 1.60. The van der Waals surface area contributed by atoms with E-state index in [1.165, 1.54) is 0 Å². The SMILES string of the molecule is CNc1nc(Cl)nc(C(Cl)Cl)n1. The lowest BCUT2D eigenvalue weighted by Gasteiger charge is -2.02. The predicted octanol–water partition coefficient (Wildman–Crippen LogP) is 2.04. The van der Waals surface area contributed by atoms with Gasteiger partial charge in [-0.25, -0.2) is 0 Å². The first kappa shape index (κ1) is 9.77. The van der Waals surface area contributed by atoms with Crippen LogP contribution in [0.25, 0.3) is 0 Å². The summed E-state index contributed by atoms with van der Waals surface area (Å²) in [4.78, 5) is 10.5. The second-order valence-electron chi connectivity index (χ2n) is 1.84. The standard InChI is InChI=1S/C5H5Cl3N4/c1-9-5-11-3(2(6)7)10-4(8)12-5/h2H,1H3,(H,9,10,11,12). The molecule has 0 aliphatic rings. The van der Waals surface area contributed by atoms with Crippen LogP contribution in [0.1, 0.15) is 10.7 Å². The molecule has 0 saturated carbocycles. The highest BCUT2D eigenvalue weighted by Crippen LogP contribution is 2.22. The Balaban J connectivity index is 3.06. The molecule has 0 unspecified atom stereocenters. The Morgan fingerprint density at radius 2 is 1.92 bits per heavy atom. The molecule has 12 heavy (non-hydrogen) atoms. The van der Waals surface area contributed by atoms with Gasteiger partial charge in [0.05, 0.1) is 0 Å². The van der Waals surface area contributed by atoms with Gasteiger partial charge in [0.2, 0.25) is 11.2 Å². The Hall–Kier alpha value is -0.320. The summed E-state index contributed by atoms with van der Waals surface area (Å²) in [5.41, 5.74) is 0. The zero-order valence-electron chi connectivity index (χ0n) is 6.05. The summed E-state index contributed by atoms with van der Waals surface area (Å²) in [6.45, 7) is 0. The van der Waals surface area contributed by atoms with E-state index in [2.05, 4.69) is 20.3 Å². The molecule has 66 valence electrons. The minimum atomic E-state index is -0.794. The van der Waals surface area contributed by atoms with E-state index in [1.54, 1.807) is 7.05 Å². The summed E-state index contributed by atoms with van der Waals surface area (Å²) in [5.74, 6) is 0.582. The lowest BCUT2D eigenvalue weighted by atomic mass is 10.7. The van der Waals surface area contributed by atoms with Crippen LogP contribution in [0.4, 0.5) is 5.95 Å². The fourth-order valence-corrected chi connectivity index (χ4v) is 0.937. The van der Waals surface area contributed by atoms with Gasteiger partial charge < -0.3 is 5.32 Å². The van der Waals surface area contributed by atoms with E-state index < -0.39 is 4.84 Å². The van der Waals surface area contributed by atoms with Crippen LogP contribution in [0.5, 0.6) is 0 Å². The Morgan fingerprint density at radius 3 is 2.42 bits per heavy atom. The highest BCUT2D eigenvalue weighted by Gasteiger charge is 2.10. The average Bonchev–Trinajstić information content (AvgIpc) is 2.03. The van der Waals surface area contributed by atoms with Crippen LogP contribution in [-0.2, 0) is 0 Å². The number of halogens is 3. The van der Waals surface area contributed by atoms with Gasteiger partial charge in [0.1, 0.15) is 0 Å². The van der Waals surface area contributed by atoms with Crippen LogP contribution >= 0.6 is 34.8 Å². The van der Waals surface area contributed by atoms with Crippen molar-refractivity contribution in [3.05, 3.63) is 11.1 Å². The van der Waals surface area contributed by atoms with Crippen LogP contribution in [0.3, 0.4) is 0 Å². The molecule has 4 nitrogen and oxygen atoms in total. The molecule has 1 heterocycles. The first-order valence-electron chi connectivity index (χ1n) is 3.01. The molecular weight excluding hydrogens is 222 g/mol. The number of alkyl halides is 2. The van der Waals surface area contributed by atoms with Crippen LogP contribution < -0.4 is 5.32 Å². The van der Waals surface area contributed by atoms with Gasteiger partial charge in [-0.05, 0) is 11.6 Å². The van der Waals surface area contributed by atoms with Gasteiger partial charge in [-0.3, -0.25) is 0 Å². The van der Waals surface area contributed by atoms with Gasteiger partial charge >= 0.3 is 0 Å². The van der Waals surface area contributed by atoms with Crippen molar-refractivity contribution in [1.82, 2.24) is 15.0 Å². The summed E-state index contributed by atoms with van der Waals surface area (Å²) in [5, 5.41) is 2.76. The van der Waals surface area contributed by atoms with Crippen LogP contribution in [-0.4, -0.2) is 22.0 Å². The molecular formula is C5H5Cl3N4. The molecule has 0 bridgehead atoms. The van der Waals surface area contributed by atoms with E-state index in [4.69, 9.17) is 34.8 Å². The molecule has 0 amide bonds. The van der Waals surface area contributed by atoms with Gasteiger partial charge in [0, 0.05) is 7.05 Å². The second-order valence-corrected chi connectivity index (χ2v) is 3.27. The fourth-order valence-electron chi connectivity index (χ4n) is 0.575. The van der Waals surface area contributed by atoms with E-state index in [0.29, 0.717) is 5.95 Å². The highest BCUT2D eigenvalue weighted by molar-refractivity contribution is 6.43. The van der Waals surface area contributed by atoms with Crippen LogP contribution in [0, 0.1) is 0 Å². The predicted molar refractivity (Wildman–Crippen MR) is 48.8 cm³/mol. The molecule has 0 aliphatic carbocycles. The van der Waals surface area contributed by atoms with E-state index >= 15 is 0 Å². The number of nitrogens with zero attached hydrogens (tertiary/aromatic N) is 3. The summed E-state index contributed by atoms with van der Waals surface area (Å²) in [6, 6.07) is 0. The minimum absolute atomic E-state index is 0.0654.